The van der Waals surface area contributed by atoms with Crippen LogP contribution in [0.15, 0.2) is 42.7 Å². The van der Waals surface area contributed by atoms with E-state index in [9.17, 15) is 4.79 Å². The number of carbonyl (C=O) groups excluding carboxylic acids is 1. The number of anilines is 1. The fourth-order valence-electron chi connectivity index (χ4n) is 1.93. The molecule has 0 unspecified atom stereocenters. The summed E-state index contributed by atoms with van der Waals surface area (Å²) in [6.45, 7) is 0.826. The van der Waals surface area contributed by atoms with Crippen LogP contribution in [-0.2, 0) is 11.3 Å². The molecule has 0 radical (unpaired) electrons. The number of ether oxygens (including phenoxy) is 1. The van der Waals surface area contributed by atoms with Crippen molar-refractivity contribution in [1.29, 1.82) is 0 Å². The summed E-state index contributed by atoms with van der Waals surface area (Å²) in [4.78, 5) is 11.9. The van der Waals surface area contributed by atoms with Crippen LogP contribution in [-0.4, -0.2) is 17.6 Å². The molecule has 0 fully saturated rings. The lowest BCUT2D eigenvalue weighted by Crippen LogP contribution is -2.13. The molecular formula is C15H17ClN2O2. The number of aryl methyl sites for hydroxylation is 1. The third-order valence-electron chi connectivity index (χ3n) is 2.92. The Kier molecular flexibility index (Phi) is 5.07. The van der Waals surface area contributed by atoms with Gasteiger partial charge in [0.2, 0.25) is 5.91 Å². The topological polar surface area (TPSA) is 43.3 Å². The highest BCUT2D eigenvalue weighted by atomic mass is 35.5. The molecular weight excluding hydrogens is 276 g/mol. The molecule has 0 spiro atoms. The number of hydrogen-bond donors (Lipinski definition) is 1. The normalized spacial score (nSPS) is 10.3. The fourth-order valence-corrected chi connectivity index (χ4v) is 2.10. The first-order chi connectivity index (χ1) is 9.69. The van der Waals surface area contributed by atoms with Crippen molar-refractivity contribution >= 4 is 23.2 Å². The van der Waals surface area contributed by atoms with Crippen LogP contribution in [0, 0.1) is 0 Å². The van der Waals surface area contributed by atoms with Gasteiger partial charge in [-0.05, 0) is 36.8 Å². The zero-order valence-corrected chi connectivity index (χ0v) is 12.1. The van der Waals surface area contributed by atoms with Crippen molar-refractivity contribution < 1.29 is 9.53 Å². The van der Waals surface area contributed by atoms with Crippen molar-refractivity contribution in [2.75, 3.05) is 12.4 Å². The van der Waals surface area contributed by atoms with Crippen LogP contribution >= 0.6 is 11.6 Å². The molecule has 2 aromatic rings. The Morgan fingerprint density at radius 1 is 1.35 bits per heavy atom. The molecule has 0 aliphatic rings. The van der Waals surface area contributed by atoms with E-state index in [1.165, 1.54) is 0 Å². The van der Waals surface area contributed by atoms with Gasteiger partial charge < -0.3 is 14.6 Å². The van der Waals surface area contributed by atoms with Crippen molar-refractivity contribution in [1.82, 2.24) is 4.57 Å². The minimum Gasteiger partial charge on any atom is -0.495 e. The lowest BCUT2D eigenvalue weighted by molar-refractivity contribution is -0.116. The molecule has 0 aliphatic carbocycles. The molecule has 1 aromatic heterocycles. The number of hydrogen-bond acceptors (Lipinski definition) is 2. The second kappa shape index (κ2) is 7.01. The summed E-state index contributed by atoms with van der Waals surface area (Å²) < 4.78 is 7.24. The van der Waals surface area contributed by atoms with E-state index in [-0.39, 0.29) is 5.91 Å². The zero-order chi connectivity index (χ0) is 14.4. The van der Waals surface area contributed by atoms with Gasteiger partial charge in [0.1, 0.15) is 5.75 Å². The number of rotatable bonds is 6. The summed E-state index contributed by atoms with van der Waals surface area (Å²) in [5, 5.41) is 3.39. The quantitative estimate of drug-likeness (QED) is 0.884. The SMILES string of the molecule is COc1ccc(Cl)cc1NC(=O)CCCn1cccc1. The number of halogens is 1. The molecule has 4 nitrogen and oxygen atoms in total. The summed E-state index contributed by atoms with van der Waals surface area (Å²) in [7, 11) is 1.56. The summed E-state index contributed by atoms with van der Waals surface area (Å²) in [5.41, 5.74) is 0.603. The van der Waals surface area contributed by atoms with Crippen molar-refractivity contribution in [2.45, 2.75) is 19.4 Å². The van der Waals surface area contributed by atoms with E-state index >= 15 is 0 Å². The maximum atomic E-state index is 11.9. The fraction of sp³-hybridized carbons (Fsp3) is 0.267. The van der Waals surface area contributed by atoms with Gasteiger partial charge in [0.25, 0.3) is 0 Å². The first-order valence-corrected chi connectivity index (χ1v) is 6.81. The Hall–Kier alpha value is -1.94. The summed E-state index contributed by atoms with van der Waals surface area (Å²) in [5.74, 6) is 0.561. The van der Waals surface area contributed by atoms with Gasteiger partial charge in [-0.15, -0.1) is 0 Å². The number of carbonyl (C=O) groups is 1. The van der Waals surface area contributed by atoms with Gasteiger partial charge in [-0.25, -0.2) is 0 Å². The first-order valence-electron chi connectivity index (χ1n) is 6.43. The number of methoxy groups -OCH3 is 1. The highest BCUT2D eigenvalue weighted by Crippen LogP contribution is 2.27. The molecule has 1 aromatic carbocycles. The van der Waals surface area contributed by atoms with Gasteiger partial charge in [0.05, 0.1) is 12.8 Å². The second-order valence-corrected chi connectivity index (χ2v) is 4.85. The maximum Gasteiger partial charge on any atom is 0.224 e. The summed E-state index contributed by atoms with van der Waals surface area (Å²) in [6, 6.07) is 9.08. The molecule has 0 saturated heterocycles. The molecule has 106 valence electrons. The number of benzene rings is 1. The van der Waals surface area contributed by atoms with E-state index in [1.54, 1.807) is 25.3 Å². The van der Waals surface area contributed by atoms with Crippen molar-refractivity contribution in [2.24, 2.45) is 0 Å². The Labute approximate surface area is 123 Å². The number of aromatic nitrogens is 1. The molecule has 0 bridgehead atoms. The van der Waals surface area contributed by atoms with Crippen LogP contribution in [0.1, 0.15) is 12.8 Å². The van der Waals surface area contributed by atoms with Crippen LogP contribution in [0.3, 0.4) is 0 Å². The highest BCUT2D eigenvalue weighted by Gasteiger charge is 2.08. The number of nitrogens with zero attached hydrogens (tertiary/aromatic N) is 1. The lowest BCUT2D eigenvalue weighted by atomic mass is 10.2. The van der Waals surface area contributed by atoms with Gasteiger partial charge >= 0.3 is 0 Å². The van der Waals surface area contributed by atoms with Gasteiger partial charge in [0.15, 0.2) is 0 Å². The van der Waals surface area contributed by atoms with E-state index in [1.807, 2.05) is 29.1 Å². The predicted molar refractivity (Wildman–Crippen MR) is 80.3 cm³/mol. The van der Waals surface area contributed by atoms with Crippen LogP contribution in [0.5, 0.6) is 5.75 Å². The third kappa shape index (κ3) is 4.03. The van der Waals surface area contributed by atoms with Crippen molar-refractivity contribution in [3.8, 4) is 5.75 Å². The van der Waals surface area contributed by atoms with Gasteiger partial charge in [-0.1, -0.05) is 11.6 Å². The molecule has 0 atom stereocenters. The summed E-state index contributed by atoms with van der Waals surface area (Å²) >= 11 is 5.92. The minimum absolute atomic E-state index is 0.0438. The Morgan fingerprint density at radius 2 is 2.10 bits per heavy atom. The van der Waals surface area contributed by atoms with Crippen LogP contribution < -0.4 is 10.1 Å². The molecule has 5 heteroatoms. The monoisotopic (exact) mass is 292 g/mol. The van der Waals surface area contributed by atoms with E-state index in [0.717, 1.165) is 13.0 Å². The smallest absolute Gasteiger partial charge is 0.224 e. The Balaban J connectivity index is 1.86. The third-order valence-corrected chi connectivity index (χ3v) is 3.16. The Morgan fingerprint density at radius 3 is 2.80 bits per heavy atom. The van der Waals surface area contributed by atoms with Gasteiger partial charge in [-0.2, -0.15) is 0 Å². The molecule has 0 aliphatic heterocycles. The van der Waals surface area contributed by atoms with E-state index in [4.69, 9.17) is 16.3 Å². The largest absolute Gasteiger partial charge is 0.495 e. The average Bonchev–Trinajstić information content (AvgIpc) is 2.92. The van der Waals surface area contributed by atoms with Crippen LogP contribution in [0.4, 0.5) is 5.69 Å². The minimum atomic E-state index is -0.0438. The maximum absolute atomic E-state index is 11.9. The second-order valence-electron chi connectivity index (χ2n) is 4.42. The molecule has 20 heavy (non-hydrogen) atoms. The van der Waals surface area contributed by atoms with Crippen molar-refractivity contribution in [3.63, 3.8) is 0 Å². The lowest BCUT2D eigenvalue weighted by Gasteiger charge is -2.10. The zero-order valence-electron chi connectivity index (χ0n) is 11.3. The summed E-state index contributed by atoms with van der Waals surface area (Å²) in [6.07, 6.45) is 5.20. The first kappa shape index (κ1) is 14.5. The predicted octanol–water partition coefficient (Wildman–Crippen LogP) is 3.57. The molecule has 1 N–H and O–H groups in total. The van der Waals surface area contributed by atoms with E-state index in [0.29, 0.717) is 22.9 Å². The number of amides is 1. The van der Waals surface area contributed by atoms with Gasteiger partial charge in [0, 0.05) is 30.4 Å². The van der Waals surface area contributed by atoms with Gasteiger partial charge in [-0.3, -0.25) is 4.79 Å². The molecule has 2 rings (SSSR count). The van der Waals surface area contributed by atoms with Crippen molar-refractivity contribution in [3.05, 3.63) is 47.7 Å². The highest BCUT2D eigenvalue weighted by molar-refractivity contribution is 6.31. The number of nitrogens with one attached hydrogen (secondary N) is 1. The molecule has 1 amide bonds. The van der Waals surface area contributed by atoms with E-state index < -0.39 is 0 Å². The van der Waals surface area contributed by atoms with Crippen LogP contribution in [0.25, 0.3) is 0 Å². The van der Waals surface area contributed by atoms with Crippen LogP contribution in [0.2, 0.25) is 5.02 Å². The molecule has 0 saturated carbocycles. The Bertz CT molecular complexity index is 567. The van der Waals surface area contributed by atoms with E-state index in [2.05, 4.69) is 5.32 Å². The molecule has 1 heterocycles. The standard InChI is InChI=1S/C15H17ClN2O2/c1-20-14-7-6-12(16)11-13(14)17-15(19)5-4-10-18-8-2-3-9-18/h2-3,6-9,11H,4-5,10H2,1H3,(H,17,19). The average molecular weight is 293 g/mol.